The molecule has 0 aliphatic rings. The number of amides is 1. The second-order valence-corrected chi connectivity index (χ2v) is 7.10. The number of nitrogens with one attached hydrogen (secondary N) is 4. The minimum atomic E-state index is -1.35. The molecule has 0 saturated carbocycles. The lowest BCUT2D eigenvalue weighted by Crippen LogP contribution is -2.31. The van der Waals surface area contributed by atoms with Crippen LogP contribution in [0.2, 0.25) is 0 Å². The van der Waals surface area contributed by atoms with Crippen LogP contribution in [0.4, 0.5) is 34.9 Å². The van der Waals surface area contributed by atoms with Crippen LogP contribution in [0.15, 0.2) is 57.5 Å². The van der Waals surface area contributed by atoms with Gasteiger partial charge in [-0.15, -0.1) is 0 Å². The summed E-state index contributed by atoms with van der Waals surface area (Å²) < 4.78 is 0. The summed E-state index contributed by atoms with van der Waals surface area (Å²) in [7, 11) is 0. The van der Waals surface area contributed by atoms with Crippen LogP contribution in [0.1, 0.15) is 6.92 Å². The van der Waals surface area contributed by atoms with E-state index in [0.29, 0.717) is 28.1 Å². The largest absolute Gasteiger partial charge is 0.368 e. The molecule has 172 valence electrons. The number of H-pyrrole nitrogens is 2. The van der Waals surface area contributed by atoms with Gasteiger partial charge in [0.25, 0.3) is 5.91 Å². The molecule has 0 radical (unpaired) electrons. The number of azo groups is 1. The normalized spacial score (nSPS) is 12.0. The van der Waals surface area contributed by atoms with E-state index in [2.05, 4.69) is 45.8 Å². The molecular formula is C20H19N11O3. The Morgan fingerprint density at radius 1 is 0.941 bits per heavy atom. The number of carbonyl (C=O) groups excluding carboxylic acids is 2. The highest BCUT2D eigenvalue weighted by molar-refractivity contribution is 6.10. The van der Waals surface area contributed by atoms with Crippen molar-refractivity contribution < 1.29 is 9.59 Å². The van der Waals surface area contributed by atoms with Crippen LogP contribution in [-0.4, -0.2) is 42.7 Å². The highest BCUT2D eigenvalue weighted by Crippen LogP contribution is 2.20. The first-order chi connectivity index (χ1) is 16.3. The molecule has 0 fully saturated rings. The smallest absolute Gasteiger partial charge is 0.323 e. The van der Waals surface area contributed by atoms with E-state index >= 15 is 0 Å². The number of nitrogens with two attached hydrogens (primary N) is 2. The van der Waals surface area contributed by atoms with Crippen molar-refractivity contribution in [3.63, 3.8) is 0 Å². The van der Waals surface area contributed by atoms with Crippen LogP contribution in [-0.2, 0) is 9.59 Å². The zero-order valence-electron chi connectivity index (χ0n) is 17.7. The van der Waals surface area contributed by atoms with Gasteiger partial charge >= 0.3 is 5.69 Å². The van der Waals surface area contributed by atoms with Crippen LogP contribution in [0.25, 0.3) is 11.0 Å². The molecule has 34 heavy (non-hydrogen) atoms. The number of benzene rings is 2. The van der Waals surface area contributed by atoms with E-state index in [1.165, 1.54) is 6.92 Å². The van der Waals surface area contributed by atoms with Gasteiger partial charge in [-0.2, -0.15) is 25.2 Å². The van der Waals surface area contributed by atoms with Crippen molar-refractivity contribution in [1.82, 2.24) is 24.9 Å². The molecule has 1 amide bonds. The van der Waals surface area contributed by atoms with E-state index in [9.17, 15) is 14.4 Å². The van der Waals surface area contributed by atoms with Crippen molar-refractivity contribution in [3.8, 4) is 0 Å². The molecule has 4 rings (SSSR count). The summed E-state index contributed by atoms with van der Waals surface area (Å²) in [6.07, 6.45) is 0. The van der Waals surface area contributed by atoms with Gasteiger partial charge < -0.3 is 32.1 Å². The van der Waals surface area contributed by atoms with Gasteiger partial charge in [-0.3, -0.25) is 9.59 Å². The van der Waals surface area contributed by atoms with Gasteiger partial charge in [0.1, 0.15) is 0 Å². The topological polar surface area (TPSA) is 222 Å². The van der Waals surface area contributed by atoms with Gasteiger partial charge in [0.05, 0.1) is 16.7 Å². The summed E-state index contributed by atoms with van der Waals surface area (Å²) >= 11 is 0. The standard InChI is InChI=1S/C20H19N11O3/c1-9(32)15(16(33)23-12-6-7-13-14(8-12)26-20(34)25-13)31-30-11-4-2-10(3-5-11)24-19-28-17(21)27-18(22)29-19/h2-8,15H,1H3,(H,23,33)(H2,25,26,34)(H5,21,22,24,27,28,29). The molecule has 2 aromatic heterocycles. The van der Waals surface area contributed by atoms with Crippen molar-refractivity contribution in [2.75, 3.05) is 22.1 Å². The lowest BCUT2D eigenvalue weighted by atomic mass is 10.2. The van der Waals surface area contributed by atoms with E-state index in [-0.39, 0.29) is 23.5 Å². The first-order valence-corrected chi connectivity index (χ1v) is 9.85. The average Bonchev–Trinajstić information content (AvgIpc) is 3.13. The molecule has 0 aliphatic heterocycles. The predicted molar refractivity (Wildman–Crippen MR) is 125 cm³/mol. The fourth-order valence-electron chi connectivity index (χ4n) is 2.97. The third-order valence-electron chi connectivity index (χ3n) is 4.50. The Bertz CT molecular complexity index is 1440. The number of anilines is 5. The number of hydrogen-bond donors (Lipinski definition) is 6. The van der Waals surface area contributed by atoms with Gasteiger partial charge in [-0.1, -0.05) is 0 Å². The molecular weight excluding hydrogens is 442 g/mol. The van der Waals surface area contributed by atoms with E-state index in [1.807, 2.05) is 0 Å². The SMILES string of the molecule is CC(=O)C(N=Nc1ccc(Nc2nc(N)nc(N)n2)cc1)C(=O)Nc1ccc2[nH]c(=O)[nH]c2c1. The molecule has 0 aliphatic carbocycles. The number of ketones is 1. The molecule has 1 unspecified atom stereocenters. The van der Waals surface area contributed by atoms with Gasteiger partial charge in [0, 0.05) is 11.4 Å². The number of fused-ring (bicyclic) bond motifs is 1. The van der Waals surface area contributed by atoms with E-state index in [1.54, 1.807) is 42.5 Å². The second-order valence-electron chi connectivity index (χ2n) is 7.10. The Labute approximate surface area is 190 Å². The maximum Gasteiger partial charge on any atom is 0.323 e. The van der Waals surface area contributed by atoms with E-state index in [0.717, 1.165) is 0 Å². The van der Waals surface area contributed by atoms with Crippen molar-refractivity contribution in [1.29, 1.82) is 0 Å². The molecule has 14 heteroatoms. The van der Waals surface area contributed by atoms with Gasteiger partial charge in [0.15, 0.2) is 5.78 Å². The van der Waals surface area contributed by atoms with E-state index < -0.39 is 17.7 Å². The molecule has 0 spiro atoms. The minimum Gasteiger partial charge on any atom is -0.368 e. The van der Waals surface area contributed by atoms with Crippen LogP contribution in [0.5, 0.6) is 0 Å². The highest BCUT2D eigenvalue weighted by atomic mass is 16.2. The third-order valence-corrected chi connectivity index (χ3v) is 4.50. The van der Waals surface area contributed by atoms with Crippen LogP contribution in [0, 0.1) is 0 Å². The van der Waals surface area contributed by atoms with Crippen LogP contribution < -0.4 is 27.8 Å². The van der Waals surface area contributed by atoms with E-state index in [4.69, 9.17) is 11.5 Å². The molecule has 8 N–H and O–H groups in total. The summed E-state index contributed by atoms with van der Waals surface area (Å²) in [6.45, 7) is 1.25. The summed E-state index contributed by atoms with van der Waals surface area (Å²) in [6, 6.07) is 10.0. The number of aromatic amines is 2. The zero-order chi connectivity index (χ0) is 24.2. The molecule has 1 atom stereocenters. The molecule has 14 nitrogen and oxygen atoms in total. The van der Waals surface area contributed by atoms with Crippen molar-refractivity contribution in [3.05, 3.63) is 52.9 Å². The Morgan fingerprint density at radius 3 is 2.26 bits per heavy atom. The summed E-state index contributed by atoms with van der Waals surface area (Å²) in [5, 5.41) is 13.4. The highest BCUT2D eigenvalue weighted by Gasteiger charge is 2.23. The number of nitrogens with zero attached hydrogens (tertiary/aromatic N) is 5. The lowest BCUT2D eigenvalue weighted by Gasteiger charge is -2.09. The quantitative estimate of drug-likeness (QED) is 0.173. The van der Waals surface area contributed by atoms with Crippen LogP contribution >= 0.6 is 0 Å². The zero-order valence-corrected chi connectivity index (χ0v) is 17.7. The fourth-order valence-corrected chi connectivity index (χ4v) is 2.97. The Morgan fingerprint density at radius 2 is 1.59 bits per heavy atom. The summed E-state index contributed by atoms with van der Waals surface area (Å²) in [5.41, 5.74) is 13.2. The maximum atomic E-state index is 12.6. The number of hydrogen-bond acceptors (Lipinski definition) is 11. The summed E-state index contributed by atoms with van der Waals surface area (Å²) in [5.74, 6) is -1.00. The number of carbonyl (C=O) groups is 2. The molecule has 0 saturated heterocycles. The maximum absolute atomic E-state index is 12.6. The molecule has 2 aromatic carbocycles. The van der Waals surface area contributed by atoms with Crippen LogP contribution in [0.3, 0.4) is 0 Å². The monoisotopic (exact) mass is 461 g/mol. The van der Waals surface area contributed by atoms with Crippen molar-refractivity contribution in [2.24, 2.45) is 10.2 Å². The Hall–Kier alpha value is -5.14. The van der Waals surface area contributed by atoms with Gasteiger partial charge in [-0.05, 0) is 49.4 Å². The second kappa shape index (κ2) is 9.15. The average molecular weight is 461 g/mol. The molecule has 0 bridgehead atoms. The number of Topliss-reactive ketones (excluding diaryl/α,β-unsaturated/α-hetero) is 1. The Balaban J connectivity index is 1.44. The van der Waals surface area contributed by atoms with Crippen molar-refractivity contribution in [2.45, 2.75) is 13.0 Å². The first-order valence-electron chi connectivity index (χ1n) is 9.85. The lowest BCUT2D eigenvalue weighted by molar-refractivity contribution is -0.126. The third kappa shape index (κ3) is 5.18. The number of aromatic nitrogens is 5. The number of nitrogen functional groups attached to an aromatic ring is 2. The number of rotatable bonds is 7. The molecule has 4 aromatic rings. The number of imidazole rings is 1. The minimum absolute atomic E-state index is 0.0183. The predicted octanol–water partition coefficient (Wildman–Crippen LogP) is 1.63. The fraction of sp³-hybridized carbons (Fsp3) is 0.100. The molecule has 2 heterocycles. The van der Waals surface area contributed by atoms with Crippen molar-refractivity contribution >= 4 is 57.6 Å². The summed E-state index contributed by atoms with van der Waals surface area (Å²) in [4.78, 5) is 52.7. The van der Waals surface area contributed by atoms with Gasteiger partial charge in [0.2, 0.25) is 23.9 Å². The Kier molecular flexibility index (Phi) is 5.94. The first kappa shape index (κ1) is 22.1. The van der Waals surface area contributed by atoms with Gasteiger partial charge in [-0.25, -0.2) is 4.79 Å².